The van der Waals surface area contributed by atoms with Crippen LogP contribution in [-0.2, 0) is 6.42 Å². The lowest BCUT2D eigenvalue weighted by molar-refractivity contribution is 0.540. The number of nitrogens with one attached hydrogen (secondary N) is 1. The van der Waals surface area contributed by atoms with E-state index in [0.717, 1.165) is 33.6 Å². The zero-order valence-corrected chi connectivity index (χ0v) is 13.5. The molecule has 0 amide bonds. The van der Waals surface area contributed by atoms with Crippen molar-refractivity contribution < 1.29 is 4.39 Å². The Morgan fingerprint density at radius 1 is 1.25 bits per heavy atom. The molecule has 2 rings (SSSR count). The van der Waals surface area contributed by atoms with E-state index in [0.29, 0.717) is 0 Å². The van der Waals surface area contributed by atoms with E-state index in [9.17, 15) is 4.39 Å². The summed E-state index contributed by atoms with van der Waals surface area (Å²) in [5.41, 5.74) is 1.96. The van der Waals surface area contributed by atoms with Crippen molar-refractivity contribution >= 4 is 27.5 Å². The van der Waals surface area contributed by atoms with E-state index < -0.39 is 0 Å². The molecule has 0 saturated carbocycles. The monoisotopic (exact) mass is 355 g/mol. The summed E-state index contributed by atoms with van der Waals surface area (Å²) in [6.07, 6.45) is 0.718. The molecule has 0 spiro atoms. The highest BCUT2D eigenvalue weighted by molar-refractivity contribution is 9.10. The second-order valence-electron chi connectivity index (χ2n) is 4.57. The summed E-state index contributed by atoms with van der Waals surface area (Å²) in [5.74, 6) is -0.231. The lowest BCUT2D eigenvalue weighted by Crippen LogP contribution is -2.23. The SMILES string of the molecule is CCNC(Cc1ccccc1Cl)c1cc(F)ccc1Br. The summed E-state index contributed by atoms with van der Waals surface area (Å²) >= 11 is 9.71. The average Bonchev–Trinajstić information content (AvgIpc) is 2.43. The van der Waals surface area contributed by atoms with E-state index in [-0.39, 0.29) is 11.9 Å². The van der Waals surface area contributed by atoms with Gasteiger partial charge in [-0.3, -0.25) is 0 Å². The van der Waals surface area contributed by atoms with Crippen LogP contribution in [0.1, 0.15) is 24.1 Å². The average molecular weight is 357 g/mol. The first-order valence-electron chi connectivity index (χ1n) is 6.53. The van der Waals surface area contributed by atoms with Gasteiger partial charge in [0.25, 0.3) is 0 Å². The summed E-state index contributed by atoms with van der Waals surface area (Å²) in [6, 6.07) is 12.5. The van der Waals surface area contributed by atoms with Crippen LogP contribution in [0.2, 0.25) is 5.02 Å². The minimum absolute atomic E-state index is 0.0185. The molecule has 0 aliphatic heterocycles. The lowest BCUT2D eigenvalue weighted by atomic mass is 9.98. The smallest absolute Gasteiger partial charge is 0.123 e. The van der Waals surface area contributed by atoms with E-state index in [1.54, 1.807) is 12.1 Å². The maximum atomic E-state index is 13.5. The summed E-state index contributed by atoms with van der Waals surface area (Å²) in [6.45, 7) is 2.84. The van der Waals surface area contributed by atoms with Crippen LogP contribution in [0, 0.1) is 5.82 Å². The fourth-order valence-corrected chi connectivity index (χ4v) is 2.94. The molecule has 2 aromatic rings. The summed E-state index contributed by atoms with van der Waals surface area (Å²) in [5, 5.41) is 4.13. The van der Waals surface area contributed by atoms with Gasteiger partial charge in [-0.15, -0.1) is 0 Å². The molecule has 0 saturated heterocycles. The van der Waals surface area contributed by atoms with Crippen molar-refractivity contribution in [1.82, 2.24) is 5.32 Å². The number of hydrogen-bond donors (Lipinski definition) is 1. The van der Waals surface area contributed by atoms with E-state index in [1.165, 1.54) is 6.07 Å². The van der Waals surface area contributed by atoms with Gasteiger partial charge in [0.15, 0.2) is 0 Å². The summed E-state index contributed by atoms with van der Waals surface area (Å²) in [4.78, 5) is 0. The molecule has 0 aromatic heterocycles. The molecule has 0 fully saturated rings. The Kier molecular flexibility index (Phi) is 5.58. The molecule has 1 unspecified atom stereocenters. The van der Waals surface area contributed by atoms with Crippen LogP contribution in [0.15, 0.2) is 46.9 Å². The molecule has 0 aliphatic rings. The molecule has 1 nitrogen and oxygen atoms in total. The van der Waals surface area contributed by atoms with Gasteiger partial charge in [-0.2, -0.15) is 0 Å². The Bertz CT molecular complexity index is 588. The van der Waals surface area contributed by atoms with Crippen LogP contribution < -0.4 is 5.32 Å². The van der Waals surface area contributed by atoms with Crippen molar-refractivity contribution in [3.05, 3.63) is 68.9 Å². The molecule has 106 valence electrons. The zero-order chi connectivity index (χ0) is 14.5. The van der Waals surface area contributed by atoms with Crippen LogP contribution >= 0.6 is 27.5 Å². The minimum atomic E-state index is -0.231. The third-order valence-corrected chi connectivity index (χ3v) is 4.26. The van der Waals surface area contributed by atoms with Gasteiger partial charge in [0.2, 0.25) is 0 Å². The van der Waals surface area contributed by atoms with Crippen LogP contribution in [0.3, 0.4) is 0 Å². The van der Waals surface area contributed by atoms with Crippen LogP contribution in [0.4, 0.5) is 4.39 Å². The minimum Gasteiger partial charge on any atom is -0.310 e. The molecular formula is C16H16BrClFN. The van der Waals surface area contributed by atoms with Crippen LogP contribution in [0.5, 0.6) is 0 Å². The molecule has 0 bridgehead atoms. The predicted molar refractivity (Wildman–Crippen MR) is 85.7 cm³/mol. The standard InChI is InChI=1S/C16H16BrClFN/c1-2-20-16(9-11-5-3-4-6-15(11)18)13-10-12(19)7-8-14(13)17/h3-8,10,16,20H,2,9H2,1H3. The number of halogens is 3. The molecule has 1 N–H and O–H groups in total. The second-order valence-corrected chi connectivity index (χ2v) is 5.83. The normalized spacial score (nSPS) is 12.4. The van der Waals surface area contributed by atoms with Gasteiger partial charge in [-0.05, 0) is 48.4 Å². The summed E-state index contributed by atoms with van der Waals surface area (Å²) in [7, 11) is 0. The van der Waals surface area contributed by atoms with E-state index in [4.69, 9.17) is 11.6 Å². The fourth-order valence-electron chi connectivity index (χ4n) is 2.20. The molecule has 2 aromatic carbocycles. The van der Waals surface area contributed by atoms with E-state index >= 15 is 0 Å². The highest BCUT2D eigenvalue weighted by Gasteiger charge is 2.16. The van der Waals surface area contributed by atoms with Crippen molar-refractivity contribution in [3.63, 3.8) is 0 Å². The van der Waals surface area contributed by atoms with Gasteiger partial charge in [0.05, 0.1) is 0 Å². The van der Waals surface area contributed by atoms with Gasteiger partial charge < -0.3 is 5.32 Å². The third-order valence-electron chi connectivity index (χ3n) is 3.17. The maximum absolute atomic E-state index is 13.5. The quantitative estimate of drug-likeness (QED) is 0.782. The topological polar surface area (TPSA) is 12.0 Å². The molecule has 4 heteroatoms. The van der Waals surface area contributed by atoms with Crippen molar-refractivity contribution in [2.24, 2.45) is 0 Å². The van der Waals surface area contributed by atoms with Crippen molar-refractivity contribution in [2.75, 3.05) is 6.54 Å². The van der Waals surface area contributed by atoms with Crippen molar-refractivity contribution in [3.8, 4) is 0 Å². The molecule has 0 radical (unpaired) electrons. The number of likely N-dealkylation sites (N-methyl/N-ethyl adjacent to an activating group) is 1. The van der Waals surface area contributed by atoms with Gasteiger partial charge in [0, 0.05) is 15.5 Å². The highest BCUT2D eigenvalue weighted by Crippen LogP contribution is 2.29. The molecule has 20 heavy (non-hydrogen) atoms. The molecule has 1 atom stereocenters. The predicted octanol–water partition coefficient (Wildman–Crippen LogP) is 5.13. The van der Waals surface area contributed by atoms with Crippen molar-refractivity contribution in [2.45, 2.75) is 19.4 Å². The highest BCUT2D eigenvalue weighted by atomic mass is 79.9. The van der Waals surface area contributed by atoms with Crippen LogP contribution in [0.25, 0.3) is 0 Å². The maximum Gasteiger partial charge on any atom is 0.123 e. The second kappa shape index (κ2) is 7.21. The Hall–Kier alpha value is -0.900. The number of hydrogen-bond acceptors (Lipinski definition) is 1. The van der Waals surface area contributed by atoms with Crippen LogP contribution in [-0.4, -0.2) is 6.54 Å². The Morgan fingerprint density at radius 3 is 2.70 bits per heavy atom. The van der Waals surface area contributed by atoms with E-state index in [1.807, 2.05) is 31.2 Å². The van der Waals surface area contributed by atoms with Gasteiger partial charge in [0.1, 0.15) is 5.82 Å². The first-order chi connectivity index (χ1) is 9.61. The van der Waals surface area contributed by atoms with Crippen molar-refractivity contribution in [1.29, 1.82) is 0 Å². The van der Waals surface area contributed by atoms with Gasteiger partial charge in [-0.1, -0.05) is 52.7 Å². The lowest BCUT2D eigenvalue weighted by Gasteiger charge is -2.20. The Morgan fingerprint density at radius 2 is 2.00 bits per heavy atom. The molecule has 0 aliphatic carbocycles. The largest absolute Gasteiger partial charge is 0.310 e. The first-order valence-corrected chi connectivity index (χ1v) is 7.70. The molecular weight excluding hydrogens is 341 g/mol. The first kappa shape index (κ1) is 15.5. The zero-order valence-electron chi connectivity index (χ0n) is 11.2. The summed E-state index contributed by atoms with van der Waals surface area (Å²) < 4.78 is 14.4. The number of rotatable bonds is 5. The van der Waals surface area contributed by atoms with Gasteiger partial charge >= 0.3 is 0 Å². The fraction of sp³-hybridized carbons (Fsp3) is 0.250. The van der Waals surface area contributed by atoms with E-state index in [2.05, 4.69) is 21.2 Å². The van der Waals surface area contributed by atoms with Gasteiger partial charge in [-0.25, -0.2) is 4.39 Å². The Balaban J connectivity index is 2.32. The number of benzene rings is 2. The third kappa shape index (κ3) is 3.81. The molecule has 0 heterocycles. The Labute approximate surface area is 132 Å².